The number of carbonyl (C=O) groups is 2. The minimum atomic E-state index is -0.306. The van der Waals surface area contributed by atoms with Crippen LogP contribution in [0.4, 0.5) is 0 Å². The first-order valence-electron chi connectivity index (χ1n) is 6.63. The van der Waals surface area contributed by atoms with E-state index in [9.17, 15) is 9.59 Å². The molecule has 108 valence electrons. The van der Waals surface area contributed by atoms with Crippen molar-refractivity contribution in [2.45, 2.75) is 26.3 Å². The number of allylic oxidation sites excluding steroid dienone is 1. The molecule has 1 aliphatic rings. The van der Waals surface area contributed by atoms with Crippen molar-refractivity contribution >= 4 is 23.2 Å². The molecule has 1 aromatic rings. The molecule has 1 fully saturated rings. The zero-order chi connectivity index (χ0) is 14.7. The van der Waals surface area contributed by atoms with Gasteiger partial charge in [0.25, 0.3) is 0 Å². The molecule has 2 heterocycles. The van der Waals surface area contributed by atoms with Crippen molar-refractivity contribution in [3.8, 4) is 0 Å². The fraction of sp³-hybridized carbons (Fsp3) is 0.467. The number of hydrogen-bond donors (Lipinski definition) is 0. The Balaban J connectivity index is 2.06. The Morgan fingerprint density at radius 3 is 2.95 bits per heavy atom. The van der Waals surface area contributed by atoms with Crippen LogP contribution in [0.5, 0.6) is 0 Å². The Morgan fingerprint density at radius 2 is 2.35 bits per heavy atom. The number of likely N-dealkylation sites (tertiary alicyclic amines) is 1. The lowest BCUT2D eigenvalue weighted by molar-refractivity contribution is -0.140. The van der Waals surface area contributed by atoms with E-state index in [1.807, 2.05) is 24.6 Å². The van der Waals surface area contributed by atoms with Crippen molar-refractivity contribution in [3.05, 3.63) is 34.0 Å². The molecule has 1 aromatic heterocycles. The zero-order valence-corrected chi connectivity index (χ0v) is 12.8. The van der Waals surface area contributed by atoms with E-state index in [-0.39, 0.29) is 30.4 Å². The van der Waals surface area contributed by atoms with Gasteiger partial charge in [0, 0.05) is 29.8 Å². The number of esters is 1. The predicted molar refractivity (Wildman–Crippen MR) is 78.3 cm³/mol. The van der Waals surface area contributed by atoms with Crippen LogP contribution < -0.4 is 0 Å². The topological polar surface area (TPSA) is 46.6 Å². The highest BCUT2D eigenvalue weighted by Crippen LogP contribution is 2.39. The first kappa shape index (κ1) is 14.8. The molecule has 0 saturated carbocycles. The van der Waals surface area contributed by atoms with Gasteiger partial charge in [-0.3, -0.25) is 4.79 Å². The second-order valence-electron chi connectivity index (χ2n) is 5.00. The molecule has 1 amide bonds. The van der Waals surface area contributed by atoms with Crippen LogP contribution in [0, 0.1) is 5.92 Å². The molecule has 1 saturated heterocycles. The quantitative estimate of drug-likeness (QED) is 0.633. The summed E-state index contributed by atoms with van der Waals surface area (Å²) in [6.45, 7) is 3.81. The molecule has 0 radical (unpaired) electrons. The van der Waals surface area contributed by atoms with E-state index in [1.165, 1.54) is 0 Å². The highest BCUT2D eigenvalue weighted by Gasteiger charge is 2.39. The number of amides is 1. The van der Waals surface area contributed by atoms with Crippen molar-refractivity contribution in [1.29, 1.82) is 0 Å². The molecule has 4 nitrogen and oxygen atoms in total. The number of ether oxygens (including phenoxy) is 1. The lowest BCUT2D eigenvalue weighted by Crippen LogP contribution is -2.25. The second-order valence-corrected chi connectivity index (χ2v) is 5.98. The van der Waals surface area contributed by atoms with Crippen LogP contribution in [0.3, 0.4) is 0 Å². The summed E-state index contributed by atoms with van der Waals surface area (Å²) in [5, 5.41) is 2.00. The van der Waals surface area contributed by atoms with E-state index in [4.69, 9.17) is 4.74 Å². The van der Waals surface area contributed by atoms with Gasteiger partial charge in [0.1, 0.15) is 0 Å². The molecule has 1 aliphatic heterocycles. The van der Waals surface area contributed by atoms with Gasteiger partial charge in [0.2, 0.25) is 5.91 Å². The third-order valence-electron chi connectivity index (χ3n) is 3.71. The summed E-state index contributed by atoms with van der Waals surface area (Å²) < 4.78 is 5.32. The van der Waals surface area contributed by atoms with Crippen LogP contribution in [0.1, 0.15) is 31.2 Å². The number of hydrogen-bond acceptors (Lipinski definition) is 4. The maximum absolute atomic E-state index is 11.9. The van der Waals surface area contributed by atoms with Gasteiger partial charge in [-0.05, 0) is 25.3 Å². The molecule has 0 aromatic carbocycles. The Labute approximate surface area is 123 Å². The number of rotatable bonds is 4. The third kappa shape index (κ3) is 2.93. The summed E-state index contributed by atoms with van der Waals surface area (Å²) in [5.74, 6) is -0.175. The second kappa shape index (κ2) is 6.22. The van der Waals surface area contributed by atoms with E-state index in [0.717, 1.165) is 4.88 Å². The van der Waals surface area contributed by atoms with Gasteiger partial charge >= 0.3 is 5.97 Å². The van der Waals surface area contributed by atoms with Gasteiger partial charge in [0.15, 0.2) is 0 Å². The Bertz CT molecular complexity index is 521. The summed E-state index contributed by atoms with van der Waals surface area (Å²) >= 11 is 1.63. The number of thiophene rings is 1. The van der Waals surface area contributed by atoms with Crippen LogP contribution in [-0.4, -0.2) is 30.4 Å². The maximum atomic E-state index is 11.9. The largest absolute Gasteiger partial charge is 0.462 e. The van der Waals surface area contributed by atoms with Crippen LogP contribution >= 0.6 is 11.3 Å². The van der Waals surface area contributed by atoms with Gasteiger partial charge in [-0.15, -0.1) is 11.3 Å². The van der Waals surface area contributed by atoms with Gasteiger partial charge in [-0.1, -0.05) is 12.1 Å². The van der Waals surface area contributed by atoms with Crippen LogP contribution in [0.15, 0.2) is 29.2 Å². The lowest BCUT2D eigenvalue weighted by atomic mass is 10.00. The maximum Gasteiger partial charge on any atom is 0.333 e. The molecule has 20 heavy (non-hydrogen) atoms. The fourth-order valence-corrected chi connectivity index (χ4v) is 3.36. The third-order valence-corrected chi connectivity index (χ3v) is 4.66. The van der Waals surface area contributed by atoms with E-state index >= 15 is 0 Å². The van der Waals surface area contributed by atoms with Gasteiger partial charge in [-0.25, -0.2) is 4.79 Å². The SMILES string of the molecule is C/C=C(/C)C(=O)OCC1CC(=O)N(C)C1c1cccs1. The van der Waals surface area contributed by atoms with Gasteiger partial charge < -0.3 is 9.64 Å². The molecule has 5 heteroatoms. The molecule has 0 aliphatic carbocycles. The molecule has 0 spiro atoms. The van der Waals surface area contributed by atoms with Crippen molar-refractivity contribution in [2.75, 3.05) is 13.7 Å². The van der Waals surface area contributed by atoms with E-state index < -0.39 is 0 Å². The lowest BCUT2D eigenvalue weighted by Gasteiger charge is -2.23. The van der Waals surface area contributed by atoms with E-state index in [1.54, 1.807) is 36.2 Å². The summed E-state index contributed by atoms with van der Waals surface area (Å²) in [4.78, 5) is 26.5. The number of carbonyl (C=O) groups excluding carboxylic acids is 2. The smallest absolute Gasteiger partial charge is 0.333 e. The van der Waals surface area contributed by atoms with E-state index in [0.29, 0.717) is 12.0 Å². The van der Waals surface area contributed by atoms with Crippen molar-refractivity contribution in [3.63, 3.8) is 0 Å². The van der Waals surface area contributed by atoms with Crippen LogP contribution in [-0.2, 0) is 14.3 Å². The molecule has 2 unspecified atom stereocenters. The van der Waals surface area contributed by atoms with Crippen LogP contribution in [0.25, 0.3) is 0 Å². The molecule has 2 rings (SSSR count). The van der Waals surface area contributed by atoms with Crippen molar-refractivity contribution in [1.82, 2.24) is 4.90 Å². The standard InChI is InChI=1S/C15H19NO3S/c1-4-10(2)15(18)19-9-11-8-13(17)16(3)14(11)12-6-5-7-20-12/h4-7,11,14H,8-9H2,1-3H3/b10-4-. The normalized spacial score (nSPS) is 23.2. The first-order chi connectivity index (χ1) is 9.54. The molecule has 2 atom stereocenters. The molecular weight excluding hydrogens is 274 g/mol. The average Bonchev–Trinajstić information content (AvgIpc) is 3.04. The molecule has 0 N–H and O–H groups in total. The highest BCUT2D eigenvalue weighted by atomic mass is 32.1. The monoisotopic (exact) mass is 293 g/mol. The van der Waals surface area contributed by atoms with Crippen LogP contribution in [0.2, 0.25) is 0 Å². The van der Waals surface area contributed by atoms with Crippen molar-refractivity contribution in [2.24, 2.45) is 5.92 Å². The summed E-state index contributed by atoms with van der Waals surface area (Å²) in [6, 6.07) is 4.02. The average molecular weight is 293 g/mol. The minimum Gasteiger partial charge on any atom is -0.462 e. The summed E-state index contributed by atoms with van der Waals surface area (Å²) in [7, 11) is 1.81. The summed E-state index contributed by atoms with van der Waals surface area (Å²) in [5.41, 5.74) is 0.593. The minimum absolute atomic E-state index is 0.0150. The molecular formula is C15H19NO3S. The Hall–Kier alpha value is -1.62. The predicted octanol–water partition coefficient (Wildman–Crippen LogP) is 2.78. The van der Waals surface area contributed by atoms with Gasteiger partial charge in [-0.2, -0.15) is 0 Å². The Kier molecular flexibility index (Phi) is 4.60. The molecule has 0 bridgehead atoms. The highest BCUT2D eigenvalue weighted by molar-refractivity contribution is 7.10. The first-order valence-corrected chi connectivity index (χ1v) is 7.51. The Morgan fingerprint density at radius 1 is 1.60 bits per heavy atom. The summed E-state index contributed by atoms with van der Waals surface area (Å²) in [6.07, 6.45) is 2.16. The van der Waals surface area contributed by atoms with Crippen molar-refractivity contribution < 1.29 is 14.3 Å². The zero-order valence-electron chi connectivity index (χ0n) is 12.0. The van der Waals surface area contributed by atoms with Gasteiger partial charge in [0.05, 0.1) is 12.6 Å². The van der Waals surface area contributed by atoms with E-state index in [2.05, 4.69) is 0 Å². The number of nitrogens with zero attached hydrogens (tertiary/aromatic N) is 1. The fourth-order valence-electron chi connectivity index (χ4n) is 2.40.